The van der Waals surface area contributed by atoms with Crippen molar-refractivity contribution in [3.63, 3.8) is 0 Å². The zero-order chi connectivity index (χ0) is 11.4. The van der Waals surface area contributed by atoms with Crippen LogP contribution in [0.5, 0.6) is 0 Å². The van der Waals surface area contributed by atoms with Crippen LogP contribution in [0.4, 0.5) is 0 Å². The fraction of sp³-hybridized carbons (Fsp3) is 0.667. The Kier molecular flexibility index (Phi) is 3.79. The molecule has 3 N–H and O–H groups in total. The van der Waals surface area contributed by atoms with Crippen LogP contribution in [-0.2, 0) is 14.4 Å². The lowest BCUT2D eigenvalue weighted by Gasteiger charge is -2.22. The molecule has 1 fully saturated rings. The highest BCUT2D eigenvalue weighted by Gasteiger charge is 2.26. The van der Waals surface area contributed by atoms with Gasteiger partial charge in [-0.3, -0.25) is 19.7 Å². The van der Waals surface area contributed by atoms with Crippen molar-refractivity contribution in [2.45, 2.75) is 13.3 Å². The second-order valence-electron chi connectivity index (χ2n) is 3.76. The maximum absolute atomic E-state index is 11.5. The van der Waals surface area contributed by atoms with E-state index in [1.54, 1.807) is 0 Å². The summed E-state index contributed by atoms with van der Waals surface area (Å²) in [5.41, 5.74) is 5.43. The summed E-state index contributed by atoms with van der Waals surface area (Å²) in [5.74, 6) is -1.17. The molecule has 1 heterocycles. The smallest absolute Gasteiger partial charge is 0.246 e. The lowest BCUT2D eigenvalue weighted by atomic mass is 10.1. The van der Waals surface area contributed by atoms with E-state index in [-0.39, 0.29) is 24.8 Å². The molecule has 0 saturated carbocycles. The predicted molar refractivity (Wildman–Crippen MR) is 52.6 cm³/mol. The van der Waals surface area contributed by atoms with E-state index in [2.05, 4.69) is 5.32 Å². The van der Waals surface area contributed by atoms with E-state index >= 15 is 0 Å². The van der Waals surface area contributed by atoms with Gasteiger partial charge in [-0.1, -0.05) is 6.92 Å². The molecule has 1 rings (SSSR count). The van der Waals surface area contributed by atoms with Gasteiger partial charge in [0.2, 0.25) is 17.7 Å². The highest BCUT2D eigenvalue weighted by Crippen LogP contribution is 2.03. The Labute approximate surface area is 87.8 Å². The van der Waals surface area contributed by atoms with E-state index in [9.17, 15) is 14.4 Å². The third-order valence-corrected chi connectivity index (χ3v) is 2.21. The lowest BCUT2D eigenvalue weighted by Crippen LogP contribution is -2.39. The number of nitrogens with two attached hydrogens (primary N) is 1. The van der Waals surface area contributed by atoms with E-state index < -0.39 is 11.8 Å². The monoisotopic (exact) mass is 213 g/mol. The molecule has 84 valence electrons. The summed E-state index contributed by atoms with van der Waals surface area (Å²) in [6, 6.07) is 0. The molecule has 1 atom stereocenters. The summed E-state index contributed by atoms with van der Waals surface area (Å²) in [5, 5.41) is 2.12. The molecular weight excluding hydrogens is 198 g/mol. The minimum absolute atomic E-state index is 0.0606. The molecule has 0 aromatic heterocycles. The maximum Gasteiger partial charge on any atom is 0.246 e. The number of amides is 3. The van der Waals surface area contributed by atoms with Gasteiger partial charge in [-0.05, 0) is 12.5 Å². The van der Waals surface area contributed by atoms with E-state index in [0.717, 1.165) is 0 Å². The minimum Gasteiger partial charge on any atom is -0.333 e. The third kappa shape index (κ3) is 3.32. The van der Waals surface area contributed by atoms with Crippen LogP contribution < -0.4 is 11.1 Å². The third-order valence-electron chi connectivity index (χ3n) is 2.21. The molecule has 0 spiro atoms. The quantitative estimate of drug-likeness (QED) is 0.439. The van der Waals surface area contributed by atoms with Crippen LogP contribution in [0.25, 0.3) is 0 Å². The van der Waals surface area contributed by atoms with Gasteiger partial charge in [-0.25, -0.2) is 0 Å². The molecule has 1 unspecified atom stereocenters. The highest BCUT2D eigenvalue weighted by molar-refractivity contribution is 6.07. The second-order valence-corrected chi connectivity index (χ2v) is 3.76. The van der Waals surface area contributed by atoms with Gasteiger partial charge in [0.25, 0.3) is 0 Å². The number of hydrogen-bond acceptors (Lipinski definition) is 4. The van der Waals surface area contributed by atoms with Gasteiger partial charge >= 0.3 is 0 Å². The SMILES string of the molecule is CC(CN)CN1CC(=O)NC(=O)CC1=O. The average molecular weight is 213 g/mol. The summed E-state index contributed by atoms with van der Waals surface area (Å²) in [4.78, 5) is 35.0. The van der Waals surface area contributed by atoms with Crippen molar-refractivity contribution in [1.29, 1.82) is 0 Å². The summed E-state index contributed by atoms with van der Waals surface area (Å²) in [6.45, 7) is 2.68. The Bertz CT molecular complexity index is 290. The zero-order valence-electron chi connectivity index (χ0n) is 8.66. The van der Waals surface area contributed by atoms with Crippen molar-refractivity contribution >= 4 is 17.7 Å². The van der Waals surface area contributed by atoms with Crippen LogP contribution in [-0.4, -0.2) is 42.3 Å². The van der Waals surface area contributed by atoms with Crippen molar-refractivity contribution in [1.82, 2.24) is 10.2 Å². The van der Waals surface area contributed by atoms with Crippen molar-refractivity contribution in [3.8, 4) is 0 Å². The molecule has 6 nitrogen and oxygen atoms in total. The van der Waals surface area contributed by atoms with Crippen LogP contribution in [0, 0.1) is 5.92 Å². The molecule has 15 heavy (non-hydrogen) atoms. The largest absolute Gasteiger partial charge is 0.333 e. The van der Waals surface area contributed by atoms with Gasteiger partial charge in [0.05, 0.1) is 6.54 Å². The topological polar surface area (TPSA) is 92.5 Å². The first kappa shape index (κ1) is 11.6. The Morgan fingerprint density at radius 1 is 1.40 bits per heavy atom. The number of carbonyl (C=O) groups is 3. The number of rotatable bonds is 3. The molecule has 6 heteroatoms. The van der Waals surface area contributed by atoms with Gasteiger partial charge < -0.3 is 10.6 Å². The summed E-state index contributed by atoms with van der Waals surface area (Å²) in [6.07, 6.45) is -0.261. The molecule has 0 aromatic rings. The van der Waals surface area contributed by atoms with E-state index in [1.807, 2.05) is 6.92 Å². The second kappa shape index (κ2) is 4.88. The molecule has 1 aliphatic rings. The Balaban J connectivity index is 2.65. The Morgan fingerprint density at radius 2 is 2.07 bits per heavy atom. The lowest BCUT2D eigenvalue weighted by molar-refractivity contribution is -0.135. The number of hydrogen-bond donors (Lipinski definition) is 2. The van der Waals surface area contributed by atoms with Crippen molar-refractivity contribution in [2.24, 2.45) is 11.7 Å². The van der Waals surface area contributed by atoms with Crippen molar-refractivity contribution in [2.75, 3.05) is 19.6 Å². The Morgan fingerprint density at radius 3 is 2.67 bits per heavy atom. The molecule has 1 saturated heterocycles. The first-order chi connectivity index (χ1) is 7.02. The van der Waals surface area contributed by atoms with Gasteiger partial charge in [-0.15, -0.1) is 0 Å². The van der Waals surface area contributed by atoms with E-state index in [1.165, 1.54) is 4.90 Å². The molecule has 1 aliphatic heterocycles. The Hall–Kier alpha value is -1.43. The standard InChI is InChI=1S/C9H15N3O3/c1-6(3-10)4-12-5-8(14)11-7(13)2-9(12)15/h6H,2-5,10H2,1H3,(H,11,13,14). The normalized spacial score (nSPS) is 19.9. The highest BCUT2D eigenvalue weighted by atomic mass is 16.2. The number of nitrogens with one attached hydrogen (secondary N) is 1. The molecule has 3 amide bonds. The summed E-state index contributed by atoms with van der Waals surface area (Å²) < 4.78 is 0. The number of imide groups is 1. The minimum atomic E-state index is -0.534. The van der Waals surface area contributed by atoms with Crippen LogP contribution in [0.3, 0.4) is 0 Å². The molecule has 0 bridgehead atoms. The van der Waals surface area contributed by atoms with Gasteiger partial charge in [0.1, 0.15) is 6.42 Å². The molecule has 0 radical (unpaired) electrons. The fourth-order valence-electron chi connectivity index (χ4n) is 1.37. The zero-order valence-corrected chi connectivity index (χ0v) is 8.66. The van der Waals surface area contributed by atoms with Crippen LogP contribution in [0.1, 0.15) is 13.3 Å². The van der Waals surface area contributed by atoms with Crippen molar-refractivity contribution in [3.05, 3.63) is 0 Å². The van der Waals surface area contributed by atoms with Gasteiger partial charge in [0.15, 0.2) is 0 Å². The first-order valence-electron chi connectivity index (χ1n) is 4.83. The van der Waals surface area contributed by atoms with E-state index in [4.69, 9.17) is 5.73 Å². The number of carbonyl (C=O) groups excluding carboxylic acids is 3. The molecular formula is C9H15N3O3. The fourth-order valence-corrected chi connectivity index (χ4v) is 1.37. The summed E-state index contributed by atoms with van der Waals surface area (Å²) >= 11 is 0. The van der Waals surface area contributed by atoms with Gasteiger partial charge in [-0.2, -0.15) is 0 Å². The van der Waals surface area contributed by atoms with Crippen LogP contribution in [0.15, 0.2) is 0 Å². The van der Waals surface area contributed by atoms with Crippen LogP contribution in [0.2, 0.25) is 0 Å². The predicted octanol–water partition coefficient (Wildman–Crippen LogP) is -1.54. The molecule has 0 aromatic carbocycles. The molecule has 0 aliphatic carbocycles. The maximum atomic E-state index is 11.5. The van der Waals surface area contributed by atoms with Gasteiger partial charge in [0, 0.05) is 6.54 Å². The van der Waals surface area contributed by atoms with Crippen LogP contribution >= 0.6 is 0 Å². The number of nitrogens with zero attached hydrogens (tertiary/aromatic N) is 1. The summed E-state index contributed by atoms with van der Waals surface area (Å²) in [7, 11) is 0. The van der Waals surface area contributed by atoms with E-state index in [0.29, 0.717) is 13.1 Å². The average Bonchev–Trinajstić information content (AvgIpc) is 2.25. The first-order valence-corrected chi connectivity index (χ1v) is 4.83. The van der Waals surface area contributed by atoms with Crippen molar-refractivity contribution < 1.29 is 14.4 Å².